The van der Waals surface area contributed by atoms with Gasteiger partial charge in [-0.05, 0) is 24.6 Å². The second kappa shape index (κ2) is 8.27. The van der Waals surface area contributed by atoms with Gasteiger partial charge in [-0.3, -0.25) is 9.48 Å². The van der Waals surface area contributed by atoms with Gasteiger partial charge in [0.2, 0.25) is 5.91 Å². The third-order valence-electron chi connectivity index (χ3n) is 4.73. The van der Waals surface area contributed by atoms with Gasteiger partial charge in [-0.2, -0.15) is 5.10 Å². The largest absolute Gasteiger partial charge is 0.381 e. The number of carbonyl (C=O) groups excluding carboxylic acids is 1. The molecule has 3 heterocycles. The molecule has 4 rings (SSSR count). The highest BCUT2D eigenvalue weighted by Crippen LogP contribution is 2.28. The summed E-state index contributed by atoms with van der Waals surface area (Å²) in [5.41, 5.74) is 13.8. The van der Waals surface area contributed by atoms with Crippen molar-refractivity contribution in [3.05, 3.63) is 59.3 Å². The van der Waals surface area contributed by atoms with E-state index in [4.69, 9.17) is 17.9 Å². The van der Waals surface area contributed by atoms with E-state index in [1.54, 1.807) is 30.5 Å². The molecule has 11 heteroatoms. The van der Waals surface area contributed by atoms with Crippen molar-refractivity contribution in [3.8, 4) is 35.1 Å². The fraction of sp³-hybridized carbons (Fsp3) is 0.143. The molecule has 0 aliphatic carbocycles. The van der Waals surface area contributed by atoms with E-state index in [9.17, 15) is 9.18 Å². The first-order chi connectivity index (χ1) is 15.4. The summed E-state index contributed by atoms with van der Waals surface area (Å²) in [5, 5.41) is 12.3. The van der Waals surface area contributed by atoms with E-state index in [0.717, 1.165) is 5.56 Å². The van der Waals surface area contributed by atoms with Gasteiger partial charge < -0.3 is 11.5 Å². The lowest BCUT2D eigenvalue weighted by molar-refractivity contribution is -0.118. The van der Waals surface area contributed by atoms with Crippen LogP contribution in [0.4, 0.5) is 10.2 Å². The van der Waals surface area contributed by atoms with Crippen LogP contribution in [-0.2, 0) is 17.9 Å². The first-order valence-corrected chi connectivity index (χ1v) is 9.46. The molecule has 160 valence electrons. The van der Waals surface area contributed by atoms with Gasteiger partial charge in [0.1, 0.15) is 17.9 Å². The first kappa shape index (κ1) is 20.7. The van der Waals surface area contributed by atoms with E-state index >= 15 is 0 Å². The molecular weight excluding hydrogens is 413 g/mol. The fourth-order valence-electron chi connectivity index (χ4n) is 3.17. The zero-order chi connectivity index (χ0) is 22.8. The monoisotopic (exact) mass is 431 g/mol. The average Bonchev–Trinajstić information content (AvgIpc) is 3.39. The Bertz CT molecular complexity index is 1370. The number of benzene rings is 1. The Kier molecular flexibility index (Phi) is 5.34. The number of terminal acetylenes is 1. The highest BCUT2D eigenvalue weighted by atomic mass is 19.1. The maximum absolute atomic E-state index is 14.8. The smallest absolute Gasteiger partial charge is 0.239 e. The van der Waals surface area contributed by atoms with E-state index in [1.165, 1.54) is 15.6 Å². The topological polar surface area (TPSA) is 143 Å². The number of amides is 1. The van der Waals surface area contributed by atoms with E-state index in [2.05, 4.69) is 31.3 Å². The zero-order valence-corrected chi connectivity index (χ0v) is 17.0. The van der Waals surface area contributed by atoms with Crippen LogP contribution < -0.4 is 11.5 Å². The van der Waals surface area contributed by atoms with Crippen LogP contribution in [0.5, 0.6) is 0 Å². The van der Waals surface area contributed by atoms with Gasteiger partial charge in [-0.15, -0.1) is 11.5 Å². The molecular formula is C21H18FN9O. The zero-order valence-electron chi connectivity index (χ0n) is 17.0. The number of halogens is 1. The Morgan fingerprint density at radius 1 is 1.25 bits per heavy atom. The number of aromatic nitrogens is 7. The Morgan fingerprint density at radius 3 is 2.81 bits per heavy atom. The fourth-order valence-corrected chi connectivity index (χ4v) is 3.17. The maximum atomic E-state index is 14.8. The molecule has 1 aromatic carbocycles. The van der Waals surface area contributed by atoms with E-state index in [0.29, 0.717) is 16.8 Å². The predicted octanol–water partition coefficient (Wildman–Crippen LogP) is 1.14. The third kappa shape index (κ3) is 4.01. The molecule has 4 N–H and O–H groups in total. The molecule has 0 fully saturated rings. The Morgan fingerprint density at radius 2 is 2.06 bits per heavy atom. The van der Waals surface area contributed by atoms with Crippen molar-refractivity contribution in [2.75, 3.05) is 5.73 Å². The van der Waals surface area contributed by atoms with Crippen molar-refractivity contribution >= 4 is 11.7 Å². The maximum Gasteiger partial charge on any atom is 0.239 e. The summed E-state index contributed by atoms with van der Waals surface area (Å²) in [5.74, 6) is 1.22. The van der Waals surface area contributed by atoms with Gasteiger partial charge in [-0.25, -0.2) is 19.0 Å². The van der Waals surface area contributed by atoms with Crippen LogP contribution in [0.25, 0.3) is 22.8 Å². The summed E-state index contributed by atoms with van der Waals surface area (Å²) in [4.78, 5) is 19.4. The highest BCUT2D eigenvalue weighted by Gasteiger charge is 2.19. The van der Waals surface area contributed by atoms with Gasteiger partial charge in [0.05, 0.1) is 18.4 Å². The molecule has 0 spiro atoms. The molecule has 0 radical (unpaired) electrons. The first-order valence-electron chi connectivity index (χ1n) is 9.46. The number of hydrogen-bond donors (Lipinski definition) is 2. The second-order valence-electron chi connectivity index (χ2n) is 6.99. The minimum Gasteiger partial charge on any atom is -0.381 e. The van der Waals surface area contributed by atoms with E-state index in [-0.39, 0.29) is 36.1 Å². The number of nitrogen functional groups attached to an aromatic ring is 1. The number of nitrogens with two attached hydrogens (primary N) is 2. The quantitative estimate of drug-likeness (QED) is 0.436. The van der Waals surface area contributed by atoms with E-state index < -0.39 is 11.7 Å². The molecule has 32 heavy (non-hydrogen) atoms. The normalized spacial score (nSPS) is 10.8. The number of anilines is 1. The molecule has 3 aromatic heterocycles. The van der Waals surface area contributed by atoms with Gasteiger partial charge >= 0.3 is 0 Å². The molecule has 1 amide bonds. The van der Waals surface area contributed by atoms with Crippen molar-refractivity contribution in [1.29, 1.82) is 0 Å². The van der Waals surface area contributed by atoms with Crippen molar-refractivity contribution in [3.63, 3.8) is 0 Å². The van der Waals surface area contributed by atoms with Gasteiger partial charge in [0, 0.05) is 17.3 Å². The van der Waals surface area contributed by atoms with Crippen LogP contribution in [0.1, 0.15) is 16.8 Å². The summed E-state index contributed by atoms with van der Waals surface area (Å²) >= 11 is 0. The molecule has 0 aliphatic heterocycles. The molecule has 4 aromatic rings. The number of rotatable bonds is 6. The lowest BCUT2D eigenvalue weighted by Crippen LogP contribution is -2.19. The van der Waals surface area contributed by atoms with Crippen LogP contribution >= 0.6 is 0 Å². The summed E-state index contributed by atoms with van der Waals surface area (Å²) in [6, 6.07) is 7.06. The average molecular weight is 431 g/mol. The lowest BCUT2D eigenvalue weighted by atomic mass is 10.0. The second-order valence-corrected chi connectivity index (χ2v) is 6.99. The Labute approximate surface area is 182 Å². The van der Waals surface area contributed by atoms with E-state index in [1.807, 2.05) is 6.92 Å². The van der Waals surface area contributed by atoms with Crippen LogP contribution in [0, 0.1) is 25.1 Å². The number of nitrogens with zero attached hydrogens (tertiary/aromatic N) is 7. The summed E-state index contributed by atoms with van der Waals surface area (Å²) in [6.45, 7) is 2.05. The Hall–Kier alpha value is -4.59. The molecule has 0 unspecified atom stereocenters. The minimum absolute atomic E-state index is 0.0307. The number of carbonyl (C=O) groups is 1. The number of hydrogen-bond acceptors (Lipinski definition) is 7. The van der Waals surface area contributed by atoms with Crippen molar-refractivity contribution < 1.29 is 9.18 Å². The van der Waals surface area contributed by atoms with Gasteiger partial charge in [0.15, 0.2) is 17.5 Å². The lowest BCUT2D eigenvalue weighted by Gasteiger charge is -2.09. The van der Waals surface area contributed by atoms with Crippen molar-refractivity contribution in [2.24, 2.45) is 5.73 Å². The van der Waals surface area contributed by atoms with Crippen molar-refractivity contribution in [2.45, 2.75) is 20.0 Å². The van der Waals surface area contributed by atoms with Crippen molar-refractivity contribution in [1.82, 2.24) is 34.7 Å². The Balaban J connectivity index is 1.66. The van der Waals surface area contributed by atoms with Crippen LogP contribution in [0.2, 0.25) is 0 Å². The number of primary amides is 1. The minimum atomic E-state index is -0.794. The predicted molar refractivity (Wildman–Crippen MR) is 114 cm³/mol. The molecule has 0 aliphatic rings. The van der Waals surface area contributed by atoms with Gasteiger partial charge in [0.25, 0.3) is 0 Å². The molecule has 0 atom stereocenters. The highest BCUT2D eigenvalue weighted by molar-refractivity contribution is 5.73. The SMILES string of the molecule is C#Cc1cccc(-c2nc(N)c(F)c(-c3cn(Cc4ccn(CC(N)=O)n4)nn3)n2)c1C. The third-order valence-corrected chi connectivity index (χ3v) is 4.73. The van der Waals surface area contributed by atoms with Crippen LogP contribution in [0.3, 0.4) is 0 Å². The molecule has 0 bridgehead atoms. The van der Waals surface area contributed by atoms with Gasteiger partial charge in [-0.1, -0.05) is 23.3 Å². The molecule has 0 saturated heterocycles. The molecule has 10 nitrogen and oxygen atoms in total. The summed E-state index contributed by atoms with van der Waals surface area (Å²) in [6.07, 6.45) is 8.68. The molecule has 0 saturated carbocycles. The summed E-state index contributed by atoms with van der Waals surface area (Å²) < 4.78 is 17.7. The summed E-state index contributed by atoms with van der Waals surface area (Å²) in [7, 11) is 0. The van der Waals surface area contributed by atoms with Crippen LogP contribution in [0.15, 0.2) is 36.7 Å². The standard InChI is InChI=1S/C21H18FN9O/c1-3-13-5-4-6-15(12(13)2)21-25-19(18(22)20(24)26-21)16-10-31(29-27-16)9-14-7-8-30(28-14)11-17(23)32/h1,4-8,10H,9,11H2,2H3,(H2,23,32)(H2,24,25,26). The van der Waals surface area contributed by atoms with Crippen LogP contribution in [-0.4, -0.2) is 40.6 Å².